The van der Waals surface area contributed by atoms with E-state index >= 15 is 0 Å². The Kier molecular flexibility index (Phi) is 3.71. The molecule has 1 aliphatic carbocycles. The molecule has 0 aromatic rings. The maximum Gasteiger partial charge on any atom is 0.0972 e. The second-order valence-electron chi connectivity index (χ2n) is 4.39. The molecule has 3 N–H and O–H groups in total. The van der Waals surface area contributed by atoms with Gasteiger partial charge in [-0.25, -0.2) is 0 Å². The van der Waals surface area contributed by atoms with Gasteiger partial charge >= 0.3 is 0 Å². The van der Waals surface area contributed by atoms with Crippen LogP contribution in [0.25, 0.3) is 0 Å². The van der Waals surface area contributed by atoms with Crippen molar-refractivity contribution in [2.45, 2.75) is 44.8 Å². The molecule has 3 heteroatoms. The number of rotatable bonds is 6. The van der Waals surface area contributed by atoms with Crippen LogP contribution in [-0.4, -0.2) is 35.0 Å². The average Bonchev–Trinajstić information content (AvgIpc) is 2.89. The Morgan fingerprint density at radius 1 is 1.54 bits per heavy atom. The first-order chi connectivity index (χ1) is 6.09. The summed E-state index contributed by atoms with van der Waals surface area (Å²) < 4.78 is 0. The summed E-state index contributed by atoms with van der Waals surface area (Å²) in [4.78, 5) is 0. The quantitative estimate of drug-likeness (QED) is 0.568. The summed E-state index contributed by atoms with van der Waals surface area (Å²) in [6.07, 6.45) is 3.73. The van der Waals surface area contributed by atoms with Gasteiger partial charge in [-0.05, 0) is 32.1 Å². The van der Waals surface area contributed by atoms with Gasteiger partial charge in [0.1, 0.15) is 0 Å². The summed E-state index contributed by atoms with van der Waals surface area (Å²) in [6, 6.07) is 0.526. The van der Waals surface area contributed by atoms with Crippen molar-refractivity contribution < 1.29 is 10.2 Å². The molecule has 0 amide bonds. The van der Waals surface area contributed by atoms with Gasteiger partial charge in [0, 0.05) is 12.6 Å². The van der Waals surface area contributed by atoms with Crippen LogP contribution in [0.3, 0.4) is 0 Å². The molecule has 0 heterocycles. The van der Waals surface area contributed by atoms with E-state index < -0.39 is 5.60 Å². The van der Waals surface area contributed by atoms with Crippen LogP contribution < -0.4 is 5.32 Å². The summed E-state index contributed by atoms with van der Waals surface area (Å²) in [6.45, 7) is 4.11. The first-order valence-electron chi connectivity index (χ1n) is 5.15. The summed E-state index contributed by atoms with van der Waals surface area (Å²) >= 11 is 0. The molecule has 1 fully saturated rings. The molecule has 0 radical (unpaired) electrons. The Balaban J connectivity index is 2.22. The average molecular weight is 187 g/mol. The molecule has 78 valence electrons. The molecule has 3 nitrogen and oxygen atoms in total. The molecule has 0 aromatic carbocycles. The Labute approximate surface area is 80.2 Å². The van der Waals surface area contributed by atoms with Crippen molar-refractivity contribution in [1.29, 1.82) is 0 Å². The fraction of sp³-hybridized carbons (Fsp3) is 1.00. The Morgan fingerprint density at radius 2 is 2.15 bits per heavy atom. The molecule has 1 aliphatic rings. The summed E-state index contributed by atoms with van der Waals surface area (Å²) in [7, 11) is 0. The molecule has 0 aromatic heterocycles. The first kappa shape index (κ1) is 11.0. The van der Waals surface area contributed by atoms with Gasteiger partial charge in [-0.1, -0.05) is 6.92 Å². The van der Waals surface area contributed by atoms with Crippen molar-refractivity contribution >= 4 is 0 Å². The maximum absolute atomic E-state index is 9.56. The second-order valence-corrected chi connectivity index (χ2v) is 4.39. The molecule has 0 spiro atoms. The zero-order valence-corrected chi connectivity index (χ0v) is 8.58. The molecule has 0 bridgehead atoms. The van der Waals surface area contributed by atoms with E-state index in [1.54, 1.807) is 6.92 Å². The minimum absolute atomic E-state index is 0.179. The lowest BCUT2D eigenvalue weighted by molar-refractivity contribution is 0.000153. The van der Waals surface area contributed by atoms with Crippen LogP contribution in [-0.2, 0) is 0 Å². The van der Waals surface area contributed by atoms with Crippen molar-refractivity contribution in [3.05, 3.63) is 0 Å². The van der Waals surface area contributed by atoms with E-state index in [0.29, 0.717) is 12.6 Å². The minimum atomic E-state index is -0.970. The highest BCUT2D eigenvalue weighted by atomic mass is 16.3. The summed E-state index contributed by atoms with van der Waals surface area (Å²) in [5, 5.41) is 21.7. The monoisotopic (exact) mass is 187 g/mol. The number of hydrogen-bond donors (Lipinski definition) is 3. The highest BCUT2D eigenvalue weighted by Crippen LogP contribution is 2.33. The Bertz CT molecular complexity index is 155. The molecule has 2 atom stereocenters. The van der Waals surface area contributed by atoms with Gasteiger partial charge in [-0.3, -0.25) is 0 Å². The van der Waals surface area contributed by atoms with Crippen LogP contribution in [0.1, 0.15) is 33.1 Å². The third kappa shape index (κ3) is 3.63. The third-order valence-electron chi connectivity index (χ3n) is 2.72. The zero-order valence-electron chi connectivity index (χ0n) is 8.58. The Hall–Kier alpha value is -0.120. The van der Waals surface area contributed by atoms with Crippen molar-refractivity contribution in [3.8, 4) is 0 Å². The molecule has 1 saturated carbocycles. The molecular formula is C10H21NO2. The normalized spacial score (nSPS) is 24.0. The van der Waals surface area contributed by atoms with Crippen LogP contribution in [0.4, 0.5) is 0 Å². The summed E-state index contributed by atoms with van der Waals surface area (Å²) in [5.41, 5.74) is -0.970. The first-order valence-corrected chi connectivity index (χ1v) is 5.15. The summed E-state index contributed by atoms with van der Waals surface area (Å²) in [5.74, 6) is 0.805. The van der Waals surface area contributed by atoms with Gasteiger partial charge in [-0.15, -0.1) is 0 Å². The van der Waals surface area contributed by atoms with Gasteiger partial charge in [0.15, 0.2) is 0 Å². The van der Waals surface area contributed by atoms with Gasteiger partial charge in [0.2, 0.25) is 0 Å². The van der Waals surface area contributed by atoms with Crippen LogP contribution >= 0.6 is 0 Å². The zero-order chi connectivity index (χ0) is 9.90. The van der Waals surface area contributed by atoms with E-state index in [1.165, 1.54) is 12.8 Å². The molecular weight excluding hydrogens is 166 g/mol. The van der Waals surface area contributed by atoms with Crippen molar-refractivity contribution in [2.24, 2.45) is 5.92 Å². The second kappa shape index (κ2) is 4.40. The fourth-order valence-corrected chi connectivity index (χ4v) is 1.55. The SMILES string of the molecule is CCC(NCC(C)(O)CO)C1CC1. The van der Waals surface area contributed by atoms with Gasteiger partial charge < -0.3 is 15.5 Å². The topological polar surface area (TPSA) is 52.5 Å². The predicted octanol–water partition coefficient (Wildman–Crippen LogP) is 0.508. The van der Waals surface area contributed by atoms with Crippen molar-refractivity contribution in [2.75, 3.05) is 13.2 Å². The highest BCUT2D eigenvalue weighted by molar-refractivity contribution is 4.87. The number of aliphatic hydroxyl groups excluding tert-OH is 1. The van der Waals surface area contributed by atoms with E-state index in [1.807, 2.05) is 0 Å². The van der Waals surface area contributed by atoms with Gasteiger partial charge in [0.25, 0.3) is 0 Å². The number of nitrogens with one attached hydrogen (secondary N) is 1. The molecule has 1 rings (SSSR count). The lowest BCUT2D eigenvalue weighted by atomic mass is 10.1. The molecule has 0 saturated heterocycles. The van der Waals surface area contributed by atoms with Gasteiger partial charge in [0.05, 0.1) is 12.2 Å². The van der Waals surface area contributed by atoms with Crippen LogP contribution in [0.15, 0.2) is 0 Å². The predicted molar refractivity (Wildman–Crippen MR) is 52.5 cm³/mol. The maximum atomic E-state index is 9.56. The van der Waals surface area contributed by atoms with E-state index in [4.69, 9.17) is 5.11 Å². The van der Waals surface area contributed by atoms with Crippen molar-refractivity contribution in [3.63, 3.8) is 0 Å². The smallest absolute Gasteiger partial charge is 0.0972 e. The molecule has 2 unspecified atom stereocenters. The standard InChI is InChI=1S/C10H21NO2/c1-3-9(8-4-5-8)11-6-10(2,13)7-12/h8-9,11-13H,3-7H2,1-2H3. The molecule has 13 heavy (non-hydrogen) atoms. The van der Waals surface area contributed by atoms with E-state index in [0.717, 1.165) is 12.3 Å². The van der Waals surface area contributed by atoms with E-state index in [9.17, 15) is 5.11 Å². The fourth-order valence-electron chi connectivity index (χ4n) is 1.55. The lowest BCUT2D eigenvalue weighted by Gasteiger charge is -2.25. The van der Waals surface area contributed by atoms with Crippen LogP contribution in [0.5, 0.6) is 0 Å². The number of aliphatic hydroxyl groups is 2. The van der Waals surface area contributed by atoms with Crippen LogP contribution in [0, 0.1) is 5.92 Å². The highest BCUT2D eigenvalue weighted by Gasteiger charge is 2.31. The largest absolute Gasteiger partial charge is 0.393 e. The van der Waals surface area contributed by atoms with Crippen molar-refractivity contribution in [1.82, 2.24) is 5.32 Å². The minimum Gasteiger partial charge on any atom is -0.393 e. The third-order valence-corrected chi connectivity index (χ3v) is 2.72. The van der Waals surface area contributed by atoms with E-state index in [2.05, 4.69) is 12.2 Å². The lowest BCUT2D eigenvalue weighted by Crippen LogP contribution is -2.45. The van der Waals surface area contributed by atoms with Gasteiger partial charge in [-0.2, -0.15) is 0 Å². The van der Waals surface area contributed by atoms with Crippen LogP contribution in [0.2, 0.25) is 0 Å². The molecule has 0 aliphatic heterocycles. The Morgan fingerprint density at radius 3 is 2.54 bits per heavy atom. The van der Waals surface area contributed by atoms with E-state index in [-0.39, 0.29) is 6.61 Å². The number of hydrogen-bond acceptors (Lipinski definition) is 3.